The third kappa shape index (κ3) is 7.36. The van der Waals surface area contributed by atoms with Crippen LogP contribution in [0.1, 0.15) is 54.3 Å². The lowest BCUT2D eigenvalue weighted by Gasteiger charge is -2.36. The van der Waals surface area contributed by atoms with Crippen LogP contribution >= 0.6 is 23.2 Å². The molecule has 2 atom stereocenters. The van der Waals surface area contributed by atoms with Gasteiger partial charge in [-0.1, -0.05) is 59.6 Å². The number of carboxylic acid groups (broad SMARTS) is 1. The van der Waals surface area contributed by atoms with Crippen molar-refractivity contribution in [2.45, 2.75) is 51.3 Å². The van der Waals surface area contributed by atoms with E-state index in [4.69, 9.17) is 42.4 Å². The Morgan fingerprint density at radius 3 is 2.43 bits per heavy atom. The summed E-state index contributed by atoms with van der Waals surface area (Å²) in [5.41, 5.74) is 6.53. The lowest BCUT2D eigenvalue weighted by Crippen LogP contribution is -2.49. The number of aliphatic carboxylic acids is 1. The maximum Gasteiger partial charge on any atom is 0.309 e. The number of aromatic nitrogens is 4. The number of hydrogen-bond acceptors (Lipinski definition) is 11. The quantitative estimate of drug-likeness (QED) is 0.167. The molecule has 2 aliphatic carbocycles. The van der Waals surface area contributed by atoms with Crippen LogP contribution < -0.4 is 19.5 Å². The molecule has 3 heterocycles. The van der Waals surface area contributed by atoms with Crippen molar-refractivity contribution in [3.8, 4) is 40.0 Å². The molecule has 0 bridgehead atoms. The number of carbonyl (C=O) groups excluding carboxylic acids is 1. The molecule has 0 unspecified atom stereocenters. The van der Waals surface area contributed by atoms with Crippen LogP contribution in [0, 0.1) is 11.8 Å². The molecular formula is C37H38Cl2N6O6. The van der Waals surface area contributed by atoms with E-state index in [0.29, 0.717) is 85.1 Å². The zero-order valence-electron chi connectivity index (χ0n) is 28.3. The molecule has 14 heteroatoms. The highest BCUT2D eigenvalue weighted by Gasteiger charge is 2.34. The molecule has 3 aliphatic rings. The molecule has 0 radical (unpaired) electrons. The summed E-state index contributed by atoms with van der Waals surface area (Å²) in [6.07, 6.45) is 5.06. The van der Waals surface area contributed by atoms with Crippen molar-refractivity contribution in [2.24, 2.45) is 11.8 Å². The highest BCUT2D eigenvalue weighted by atomic mass is 35.5. The Hall–Kier alpha value is -4.36. The van der Waals surface area contributed by atoms with Crippen molar-refractivity contribution in [1.82, 2.24) is 30.2 Å². The summed E-state index contributed by atoms with van der Waals surface area (Å²) in [6, 6.07) is 12.0. The largest absolute Gasteiger partial charge is 0.481 e. The molecule has 12 nitrogen and oxygen atoms in total. The zero-order chi connectivity index (χ0) is 35.6. The molecule has 2 fully saturated rings. The second-order valence-corrected chi connectivity index (χ2v) is 13.9. The summed E-state index contributed by atoms with van der Waals surface area (Å²) in [7, 11) is 3.08. The van der Waals surface area contributed by atoms with Crippen LogP contribution in [0.3, 0.4) is 0 Å². The Kier molecular flexibility index (Phi) is 10.4. The molecule has 1 saturated carbocycles. The van der Waals surface area contributed by atoms with Gasteiger partial charge in [-0.15, -0.1) is 0 Å². The van der Waals surface area contributed by atoms with Gasteiger partial charge in [-0.3, -0.25) is 19.5 Å². The van der Waals surface area contributed by atoms with E-state index in [1.807, 2.05) is 35.2 Å². The van der Waals surface area contributed by atoms with Crippen LogP contribution in [0.15, 0.2) is 42.6 Å². The third-order valence-corrected chi connectivity index (χ3v) is 10.5. The van der Waals surface area contributed by atoms with Gasteiger partial charge in [0.15, 0.2) is 5.15 Å². The van der Waals surface area contributed by atoms with Crippen LogP contribution in [0.5, 0.6) is 17.6 Å². The molecule has 2 N–H and O–H groups in total. The Balaban J connectivity index is 1.08. The van der Waals surface area contributed by atoms with Gasteiger partial charge in [0.1, 0.15) is 23.3 Å². The highest BCUT2D eigenvalue weighted by Crippen LogP contribution is 2.44. The van der Waals surface area contributed by atoms with E-state index in [1.165, 1.54) is 7.11 Å². The number of benzene rings is 2. The average Bonchev–Trinajstić information content (AvgIpc) is 3.72. The topological polar surface area (TPSA) is 149 Å². The van der Waals surface area contributed by atoms with E-state index in [0.717, 1.165) is 47.2 Å². The van der Waals surface area contributed by atoms with Crippen LogP contribution in [0.25, 0.3) is 22.4 Å². The SMILES string of the molecule is COc1nc(-c2cccc(-c3cccc4c3CC[C@@H]4Oc3nc(OC)c(CN4CC(C(=O)O)C4)nc3Cl)c2Cl)cnc1CNC[C@@H]1CCC(=O)C1. The summed E-state index contributed by atoms with van der Waals surface area (Å²) >= 11 is 13.7. The van der Waals surface area contributed by atoms with E-state index in [2.05, 4.69) is 26.3 Å². The lowest BCUT2D eigenvalue weighted by molar-refractivity contribution is -0.147. The van der Waals surface area contributed by atoms with Crippen molar-refractivity contribution in [3.63, 3.8) is 0 Å². The lowest BCUT2D eigenvalue weighted by atomic mass is 9.95. The summed E-state index contributed by atoms with van der Waals surface area (Å²) in [5, 5.41) is 13.3. The molecule has 4 aromatic rings. The van der Waals surface area contributed by atoms with Gasteiger partial charge in [-0.2, -0.15) is 4.98 Å². The minimum absolute atomic E-state index is 0.116. The fourth-order valence-corrected chi connectivity index (χ4v) is 7.67. The first-order valence-electron chi connectivity index (χ1n) is 17.0. The fraction of sp³-hybridized carbons (Fsp3) is 0.405. The maximum atomic E-state index is 11.6. The molecule has 1 saturated heterocycles. The number of nitrogens with zero attached hydrogens (tertiary/aromatic N) is 5. The number of Topliss-reactive ketones (excluding diaryl/α,β-unsaturated/α-hetero) is 1. The van der Waals surface area contributed by atoms with Gasteiger partial charge in [0, 0.05) is 50.1 Å². The van der Waals surface area contributed by atoms with Gasteiger partial charge in [0.2, 0.25) is 11.8 Å². The Labute approximate surface area is 305 Å². The van der Waals surface area contributed by atoms with Crippen LogP contribution in [0.4, 0.5) is 0 Å². The maximum absolute atomic E-state index is 11.6. The minimum Gasteiger partial charge on any atom is -0.481 e. The monoisotopic (exact) mass is 732 g/mol. The summed E-state index contributed by atoms with van der Waals surface area (Å²) < 4.78 is 17.5. The number of carbonyl (C=O) groups is 2. The first-order valence-corrected chi connectivity index (χ1v) is 17.7. The van der Waals surface area contributed by atoms with E-state index < -0.39 is 5.97 Å². The van der Waals surface area contributed by atoms with Gasteiger partial charge in [0.05, 0.1) is 37.1 Å². The summed E-state index contributed by atoms with van der Waals surface area (Å²) in [5.74, 6) is 0.381. The molecule has 0 amide bonds. The van der Waals surface area contributed by atoms with E-state index >= 15 is 0 Å². The number of methoxy groups -OCH3 is 2. The van der Waals surface area contributed by atoms with Crippen LogP contribution in [-0.2, 0) is 29.1 Å². The van der Waals surface area contributed by atoms with Crippen molar-refractivity contribution in [1.29, 1.82) is 0 Å². The number of ether oxygens (including phenoxy) is 3. The van der Waals surface area contributed by atoms with Crippen LogP contribution in [0.2, 0.25) is 10.2 Å². The number of fused-ring (bicyclic) bond motifs is 1. The second-order valence-electron chi connectivity index (χ2n) is 13.2. The van der Waals surface area contributed by atoms with Crippen molar-refractivity contribution >= 4 is 35.0 Å². The number of ketones is 1. The molecule has 51 heavy (non-hydrogen) atoms. The zero-order valence-corrected chi connectivity index (χ0v) is 29.8. The molecule has 0 spiro atoms. The van der Waals surface area contributed by atoms with Gasteiger partial charge in [-0.25, -0.2) is 9.97 Å². The molecule has 1 aliphatic heterocycles. The number of rotatable bonds is 13. The average molecular weight is 734 g/mol. The normalized spacial score (nSPS) is 18.8. The Morgan fingerprint density at radius 2 is 1.69 bits per heavy atom. The van der Waals surface area contributed by atoms with E-state index in [1.54, 1.807) is 13.3 Å². The number of nitrogens with one attached hydrogen (secondary N) is 1. The first-order chi connectivity index (χ1) is 24.7. The van der Waals surface area contributed by atoms with Crippen molar-refractivity contribution in [2.75, 3.05) is 33.9 Å². The molecule has 2 aromatic heterocycles. The summed E-state index contributed by atoms with van der Waals surface area (Å²) in [6.45, 7) is 2.47. The first kappa shape index (κ1) is 35.1. The minimum atomic E-state index is -0.805. The van der Waals surface area contributed by atoms with Gasteiger partial charge >= 0.3 is 5.97 Å². The molecule has 266 valence electrons. The van der Waals surface area contributed by atoms with Gasteiger partial charge in [0.25, 0.3) is 5.88 Å². The molecule has 2 aromatic carbocycles. The number of hydrogen-bond donors (Lipinski definition) is 2. The van der Waals surface area contributed by atoms with Crippen LogP contribution in [-0.4, -0.2) is 75.5 Å². The smallest absolute Gasteiger partial charge is 0.309 e. The van der Waals surface area contributed by atoms with Crippen molar-refractivity contribution < 1.29 is 28.9 Å². The highest BCUT2D eigenvalue weighted by molar-refractivity contribution is 6.36. The number of carboxylic acids is 1. The second kappa shape index (κ2) is 15.1. The predicted octanol–water partition coefficient (Wildman–Crippen LogP) is 5.97. The Bertz CT molecular complexity index is 1970. The standard InChI is InChI=1S/C37H38Cl2N6O6/c1-49-34-29(15-40-14-20-9-10-22(46)13-20)41-16-28(43-34)27-8-4-7-26(32(27)38)23-5-3-6-25-24(23)11-12-31(25)51-36-33(39)42-30(35(44-36)50-2)19-45-17-21(18-45)37(47)48/h3-8,16,20-21,31,40H,9-15,17-19H2,1-2H3,(H,47,48)/t20-,31+/m1/s1. The van der Waals surface area contributed by atoms with E-state index in [9.17, 15) is 14.7 Å². The summed E-state index contributed by atoms with van der Waals surface area (Å²) in [4.78, 5) is 43.3. The molecule has 7 rings (SSSR count). The number of halogens is 2. The predicted molar refractivity (Wildman–Crippen MR) is 190 cm³/mol. The van der Waals surface area contributed by atoms with Gasteiger partial charge < -0.3 is 24.6 Å². The van der Waals surface area contributed by atoms with Gasteiger partial charge in [-0.05, 0) is 48.4 Å². The molecular weight excluding hydrogens is 695 g/mol. The van der Waals surface area contributed by atoms with Crippen molar-refractivity contribution in [3.05, 3.63) is 75.3 Å². The number of likely N-dealkylation sites (tertiary alicyclic amines) is 1. The Morgan fingerprint density at radius 1 is 0.941 bits per heavy atom. The van der Waals surface area contributed by atoms with E-state index in [-0.39, 0.29) is 28.9 Å². The fourth-order valence-electron chi connectivity index (χ4n) is 7.16. The third-order valence-electron chi connectivity index (χ3n) is 9.85.